The van der Waals surface area contributed by atoms with E-state index < -0.39 is 0 Å². The molecule has 0 N–H and O–H groups in total. The first-order chi connectivity index (χ1) is 11.1. The molecule has 0 saturated carbocycles. The predicted molar refractivity (Wildman–Crippen MR) is 105 cm³/mol. The molecule has 0 heterocycles. The average molecular weight is 321 g/mol. The third-order valence-electron chi connectivity index (χ3n) is 5.33. The summed E-state index contributed by atoms with van der Waals surface area (Å²) >= 11 is 0. The first-order valence-corrected chi connectivity index (χ1v) is 9.39. The predicted octanol–water partition coefficient (Wildman–Crippen LogP) is 6.17. The molecule has 0 unspecified atom stereocenters. The Bertz CT molecular complexity index is 654. The zero-order valence-electron chi connectivity index (χ0n) is 16.3. The van der Waals surface area contributed by atoms with Crippen LogP contribution in [0, 0.1) is 0 Å². The minimum absolute atomic E-state index is 0.202. The molecule has 0 aliphatic heterocycles. The highest BCUT2D eigenvalue weighted by Crippen LogP contribution is 2.35. The quantitative estimate of drug-likeness (QED) is 0.545. The van der Waals surface area contributed by atoms with E-state index in [1.54, 1.807) is 22.3 Å². The lowest BCUT2D eigenvalue weighted by Gasteiger charge is -2.30. The van der Waals surface area contributed by atoms with E-state index in [9.17, 15) is 0 Å². The molecular weight excluding hydrogens is 288 g/mol. The summed E-state index contributed by atoms with van der Waals surface area (Å²) in [5.41, 5.74) is 9.49. The Hall–Kier alpha value is -1.56. The van der Waals surface area contributed by atoms with Crippen molar-refractivity contribution in [3.63, 3.8) is 0 Å². The molecule has 6 rings (SSSR count). The van der Waals surface area contributed by atoms with Gasteiger partial charge in [-0.15, -0.1) is 0 Å². The van der Waals surface area contributed by atoms with Crippen LogP contribution < -0.4 is 0 Å². The van der Waals surface area contributed by atoms with E-state index in [0.29, 0.717) is 0 Å². The Morgan fingerprint density at radius 1 is 0.542 bits per heavy atom. The third-order valence-corrected chi connectivity index (χ3v) is 5.33. The summed E-state index contributed by atoms with van der Waals surface area (Å²) in [6.45, 7) is 14.1. The van der Waals surface area contributed by atoms with E-state index in [-0.39, 0.29) is 10.8 Å². The molecule has 0 atom stereocenters. The third kappa shape index (κ3) is 3.58. The summed E-state index contributed by atoms with van der Waals surface area (Å²) in [6.07, 6.45) is 4.53. The van der Waals surface area contributed by atoms with Gasteiger partial charge in [-0.05, 0) is 69.9 Å². The molecule has 0 saturated heterocycles. The SMILES string of the molecule is CC(C)(C)c1cc2c(C(C)(C)C)cc1CCc1ccc(cc1)CC2. The second kappa shape index (κ2) is 6.06. The fourth-order valence-electron chi connectivity index (χ4n) is 3.93. The van der Waals surface area contributed by atoms with Gasteiger partial charge >= 0.3 is 0 Å². The van der Waals surface area contributed by atoms with Crippen molar-refractivity contribution in [3.05, 3.63) is 69.8 Å². The standard InChI is InChI=1S/C24H32/c1-23(2,3)21-15-20-14-12-18-9-7-17(8-10-18)11-13-19(21)16-22(20)24(4,5)6/h7-10,15-16H,11-14H2,1-6H3. The highest BCUT2D eigenvalue weighted by molar-refractivity contribution is 5.46. The highest BCUT2D eigenvalue weighted by Gasteiger charge is 2.25. The van der Waals surface area contributed by atoms with Gasteiger partial charge in [0.25, 0.3) is 0 Å². The number of rotatable bonds is 0. The van der Waals surface area contributed by atoms with E-state index in [1.807, 2.05) is 0 Å². The van der Waals surface area contributed by atoms with Crippen LogP contribution in [-0.2, 0) is 36.5 Å². The Kier molecular flexibility index (Phi) is 4.36. The number of hydrogen-bond acceptors (Lipinski definition) is 0. The molecule has 0 radical (unpaired) electrons. The molecule has 4 bridgehead atoms. The van der Waals surface area contributed by atoms with E-state index >= 15 is 0 Å². The maximum atomic E-state index is 2.53. The van der Waals surface area contributed by atoms with E-state index in [2.05, 4.69) is 77.9 Å². The minimum Gasteiger partial charge on any atom is -0.0588 e. The van der Waals surface area contributed by atoms with Gasteiger partial charge in [0.05, 0.1) is 0 Å². The Balaban J connectivity index is 2.18. The Morgan fingerprint density at radius 2 is 0.875 bits per heavy atom. The summed E-state index contributed by atoms with van der Waals surface area (Å²) < 4.78 is 0. The van der Waals surface area contributed by atoms with Crippen molar-refractivity contribution in [1.29, 1.82) is 0 Å². The van der Waals surface area contributed by atoms with Crippen LogP contribution in [0.25, 0.3) is 0 Å². The Labute approximate surface area is 148 Å². The second-order valence-electron chi connectivity index (χ2n) is 9.48. The van der Waals surface area contributed by atoms with Gasteiger partial charge in [0.1, 0.15) is 0 Å². The lowest BCUT2D eigenvalue weighted by atomic mass is 9.75. The van der Waals surface area contributed by atoms with Crippen molar-refractivity contribution in [3.8, 4) is 0 Å². The van der Waals surface area contributed by atoms with Crippen LogP contribution in [0.1, 0.15) is 74.9 Å². The van der Waals surface area contributed by atoms with Crippen LogP contribution in [0.4, 0.5) is 0 Å². The zero-order valence-corrected chi connectivity index (χ0v) is 16.3. The first kappa shape index (κ1) is 17.3. The summed E-state index contributed by atoms with van der Waals surface area (Å²) in [5.74, 6) is 0. The van der Waals surface area contributed by atoms with Gasteiger partial charge in [0, 0.05) is 0 Å². The normalized spacial score (nSPS) is 15.2. The molecule has 4 aliphatic carbocycles. The maximum absolute atomic E-state index is 2.53. The molecule has 0 aromatic heterocycles. The number of benzene rings is 2. The van der Waals surface area contributed by atoms with Crippen molar-refractivity contribution < 1.29 is 0 Å². The van der Waals surface area contributed by atoms with Crippen LogP contribution in [0.5, 0.6) is 0 Å². The van der Waals surface area contributed by atoms with Crippen molar-refractivity contribution >= 4 is 0 Å². The highest BCUT2D eigenvalue weighted by atomic mass is 14.3. The van der Waals surface area contributed by atoms with Gasteiger partial charge in [-0.1, -0.05) is 77.9 Å². The van der Waals surface area contributed by atoms with Crippen molar-refractivity contribution in [2.45, 2.75) is 78.1 Å². The van der Waals surface area contributed by atoms with Crippen LogP contribution in [-0.4, -0.2) is 0 Å². The van der Waals surface area contributed by atoms with Crippen molar-refractivity contribution in [2.75, 3.05) is 0 Å². The lowest BCUT2D eigenvalue weighted by molar-refractivity contribution is 0.562. The van der Waals surface area contributed by atoms with E-state index in [0.717, 1.165) is 25.7 Å². The monoisotopic (exact) mass is 320 g/mol. The molecule has 0 amide bonds. The topological polar surface area (TPSA) is 0 Å². The van der Waals surface area contributed by atoms with E-state index in [4.69, 9.17) is 0 Å². The van der Waals surface area contributed by atoms with Gasteiger partial charge in [-0.3, -0.25) is 0 Å². The molecule has 128 valence electrons. The molecule has 2 aromatic carbocycles. The van der Waals surface area contributed by atoms with Crippen LogP contribution in [0.15, 0.2) is 36.4 Å². The van der Waals surface area contributed by atoms with Crippen LogP contribution in [0.3, 0.4) is 0 Å². The molecule has 24 heavy (non-hydrogen) atoms. The van der Waals surface area contributed by atoms with Gasteiger partial charge in [-0.2, -0.15) is 0 Å². The fourth-order valence-corrected chi connectivity index (χ4v) is 3.93. The van der Waals surface area contributed by atoms with Crippen LogP contribution in [0.2, 0.25) is 0 Å². The molecule has 0 spiro atoms. The smallest absolute Gasteiger partial charge is 0.0129 e. The van der Waals surface area contributed by atoms with Crippen molar-refractivity contribution in [2.24, 2.45) is 0 Å². The summed E-state index contributed by atoms with van der Waals surface area (Å²) in [6, 6.07) is 14.4. The number of hydrogen-bond donors (Lipinski definition) is 0. The van der Waals surface area contributed by atoms with Gasteiger partial charge < -0.3 is 0 Å². The van der Waals surface area contributed by atoms with Gasteiger partial charge in [0.15, 0.2) is 0 Å². The fraction of sp³-hybridized carbons (Fsp3) is 0.500. The zero-order chi connectivity index (χ0) is 17.5. The number of aryl methyl sites for hydroxylation is 4. The largest absolute Gasteiger partial charge is 0.0588 e. The second-order valence-corrected chi connectivity index (χ2v) is 9.48. The molecule has 4 aliphatic rings. The lowest BCUT2D eigenvalue weighted by Crippen LogP contribution is -2.21. The first-order valence-electron chi connectivity index (χ1n) is 9.39. The molecule has 0 heteroatoms. The molecule has 0 fully saturated rings. The minimum atomic E-state index is 0.202. The summed E-state index contributed by atoms with van der Waals surface area (Å²) in [5, 5.41) is 0. The van der Waals surface area contributed by atoms with Crippen LogP contribution >= 0.6 is 0 Å². The molecule has 0 nitrogen and oxygen atoms in total. The Morgan fingerprint density at radius 3 is 1.17 bits per heavy atom. The average Bonchev–Trinajstić information content (AvgIpc) is 2.47. The summed E-state index contributed by atoms with van der Waals surface area (Å²) in [4.78, 5) is 0. The summed E-state index contributed by atoms with van der Waals surface area (Å²) in [7, 11) is 0. The maximum Gasteiger partial charge on any atom is -0.0129 e. The molecular formula is C24H32. The van der Waals surface area contributed by atoms with E-state index in [1.165, 1.54) is 11.1 Å². The molecule has 2 aromatic rings. The van der Waals surface area contributed by atoms with Crippen molar-refractivity contribution in [1.82, 2.24) is 0 Å². The van der Waals surface area contributed by atoms with Gasteiger partial charge in [-0.25, -0.2) is 0 Å². The van der Waals surface area contributed by atoms with Gasteiger partial charge in [0.2, 0.25) is 0 Å².